The molecule has 84 valence electrons. The maximum absolute atomic E-state index is 12.3. The number of hydrogen-bond donors (Lipinski definition) is 1. The van der Waals surface area contributed by atoms with Crippen LogP contribution in [0, 0.1) is 5.92 Å². The van der Waals surface area contributed by atoms with E-state index in [1.807, 2.05) is 0 Å². The van der Waals surface area contributed by atoms with E-state index in [0.29, 0.717) is 32.5 Å². The summed E-state index contributed by atoms with van der Waals surface area (Å²) >= 11 is 0. The predicted octanol–water partition coefficient (Wildman–Crippen LogP) is 1.73. The van der Waals surface area contributed by atoms with Gasteiger partial charge in [0.15, 0.2) is 0 Å². The molecule has 1 fully saturated rings. The van der Waals surface area contributed by atoms with E-state index in [4.69, 9.17) is 0 Å². The fraction of sp³-hybridized carbons (Fsp3) is 1.00. The molecule has 1 N–H and O–H groups in total. The highest BCUT2D eigenvalue weighted by Crippen LogP contribution is 2.24. The molecule has 1 saturated heterocycles. The molecule has 0 unspecified atom stereocenters. The molecule has 0 radical (unpaired) electrons. The van der Waals surface area contributed by atoms with Crippen molar-refractivity contribution >= 4 is 0 Å². The zero-order chi connectivity index (χ0) is 10.8. The Kier molecular flexibility index (Phi) is 3.84. The van der Waals surface area contributed by atoms with Gasteiger partial charge in [-0.25, -0.2) is 8.78 Å². The van der Waals surface area contributed by atoms with Crippen LogP contribution >= 0.6 is 0 Å². The van der Waals surface area contributed by atoms with E-state index in [2.05, 4.69) is 4.90 Å². The van der Waals surface area contributed by atoms with E-state index in [-0.39, 0.29) is 0 Å². The summed E-state index contributed by atoms with van der Waals surface area (Å²) in [5.74, 6) is -0.437. The van der Waals surface area contributed by atoms with E-state index in [1.165, 1.54) is 0 Å². The second-order valence-electron chi connectivity index (χ2n) is 4.76. The number of rotatable bonds is 3. The van der Waals surface area contributed by atoms with Gasteiger partial charge in [-0.2, -0.15) is 0 Å². The zero-order valence-electron chi connectivity index (χ0n) is 8.84. The SMILES string of the molecule is CC(C)(O)CN1CCC(C(F)F)CC1. The Balaban J connectivity index is 2.29. The monoisotopic (exact) mass is 207 g/mol. The fourth-order valence-electron chi connectivity index (χ4n) is 1.91. The molecule has 0 bridgehead atoms. The lowest BCUT2D eigenvalue weighted by atomic mass is 9.96. The lowest BCUT2D eigenvalue weighted by Crippen LogP contribution is -2.43. The third-order valence-corrected chi connectivity index (χ3v) is 2.60. The van der Waals surface area contributed by atoms with Crippen LogP contribution in [0.25, 0.3) is 0 Å². The van der Waals surface area contributed by atoms with Crippen LogP contribution in [-0.2, 0) is 0 Å². The molecule has 4 heteroatoms. The summed E-state index contributed by atoms with van der Waals surface area (Å²) in [4.78, 5) is 2.05. The van der Waals surface area contributed by atoms with Crippen molar-refractivity contribution in [2.75, 3.05) is 19.6 Å². The van der Waals surface area contributed by atoms with Crippen molar-refractivity contribution in [3.05, 3.63) is 0 Å². The molecule has 0 aliphatic carbocycles. The smallest absolute Gasteiger partial charge is 0.241 e. The van der Waals surface area contributed by atoms with Gasteiger partial charge < -0.3 is 10.0 Å². The van der Waals surface area contributed by atoms with Gasteiger partial charge in [0, 0.05) is 12.5 Å². The molecule has 0 saturated carbocycles. The van der Waals surface area contributed by atoms with Crippen LogP contribution < -0.4 is 0 Å². The van der Waals surface area contributed by atoms with E-state index >= 15 is 0 Å². The van der Waals surface area contributed by atoms with Gasteiger partial charge in [-0.1, -0.05) is 0 Å². The van der Waals surface area contributed by atoms with E-state index in [0.717, 1.165) is 0 Å². The van der Waals surface area contributed by atoms with Crippen LogP contribution in [0.1, 0.15) is 26.7 Å². The molecule has 0 aromatic carbocycles. The molecule has 1 heterocycles. The number of nitrogens with zero attached hydrogens (tertiary/aromatic N) is 1. The number of likely N-dealkylation sites (tertiary alicyclic amines) is 1. The normalized spacial score (nSPS) is 21.9. The number of alkyl halides is 2. The summed E-state index contributed by atoms with van der Waals surface area (Å²) in [7, 11) is 0. The van der Waals surface area contributed by atoms with Gasteiger partial charge in [-0.3, -0.25) is 0 Å². The summed E-state index contributed by atoms with van der Waals surface area (Å²) in [6.45, 7) is 5.42. The average molecular weight is 207 g/mol. The highest BCUT2D eigenvalue weighted by atomic mass is 19.3. The number of halogens is 2. The Labute approximate surface area is 83.9 Å². The molecule has 0 aromatic rings. The molecule has 1 aliphatic heterocycles. The molecule has 2 nitrogen and oxygen atoms in total. The van der Waals surface area contributed by atoms with Crippen molar-refractivity contribution < 1.29 is 13.9 Å². The van der Waals surface area contributed by atoms with Crippen molar-refractivity contribution in [3.8, 4) is 0 Å². The standard InChI is InChI=1S/C10H19F2NO/c1-10(2,14)7-13-5-3-8(4-6-13)9(11)12/h8-9,14H,3-7H2,1-2H3. The molecule has 0 aromatic heterocycles. The van der Waals surface area contributed by atoms with Gasteiger partial charge in [0.2, 0.25) is 6.43 Å². The fourth-order valence-corrected chi connectivity index (χ4v) is 1.91. The minimum Gasteiger partial charge on any atom is -0.389 e. The molecule has 0 spiro atoms. The first-order valence-electron chi connectivity index (χ1n) is 5.11. The van der Waals surface area contributed by atoms with E-state index < -0.39 is 17.9 Å². The number of aliphatic hydroxyl groups is 1. The Bertz CT molecular complexity index is 171. The van der Waals surface area contributed by atoms with Crippen molar-refractivity contribution in [1.29, 1.82) is 0 Å². The highest BCUT2D eigenvalue weighted by molar-refractivity contribution is 4.78. The van der Waals surface area contributed by atoms with Gasteiger partial charge in [0.25, 0.3) is 0 Å². The first-order valence-corrected chi connectivity index (χ1v) is 5.11. The Morgan fingerprint density at radius 1 is 1.36 bits per heavy atom. The lowest BCUT2D eigenvalue weighted by Gasteiger charge is -2.34. The maximum Gasteiger partial charge on any atom is 0.241 e. The molecule has 0 atom stereocenters. The van der Waals surface area contributed by atoms with Gasteiger partial charge in [-0.05, 0) is 39.8 Å². The van der Waals surface area contributed by atoms with Crippen LogP contribution in [-0.4, -0.2) is 41.7 Å². The van der Waals surface area contributed by atoms with Crippen molar-refractivity contribution in [1.82, 2.24) is 4.90 Å². The quantitative estimate of drug-likeness (QED) is 0.762. The predicted molar refractivity (Wildman–Crippen MR) is 51.5 cm³/mol. The number of piperidine rings is 1. The maximum atomic E-state index is 12.3. The highest BCUT2D eigenvalue weighted by Gasteiger charge is 2.28. The third-order valence-electron chi connectivity index (χ3n) is 2.60. The second kappa shape index (κ2) is 4.53. The van der Waals surface area contributed by atoms with Crippen LogP contribution in [0.5, 0.6) is 0 Å². The molecule has 1 aliphatic rings. The summed E-state index contributed by atoms with van der Waals surface area (Å²) in [5.41, 5.74) is -0.725. The third kappa shape index (κ3) is 3.88. The Morgan fingerprint density at radius 3 is 2.21 bits per heavy atom. The first kappa shape index (κ1) is 11.9. The Morgan fingerprint density at radius 2 is 1.86 bits per heavy atom. The van der Waals surface area contributed by atoms with Crippen LogP contribution in [0.15, 0.2) is 0 Å². The number of hydrogen-bond acceptors (Lipinski definition) is 2. The Hall–Kier alpha value is -0.220. The van der Waals surface area contributed by atoms with Gasteiger partial charge in [0.1, 0.15) is 0 Å². The molecular weight excluding hydrogens is 188 g/mol. The first-order chi connectivity index (χ1) is 6.38. The van der Waals surface area contributed by atoms with Crippen molar-refractivity contribution in [2.45, 2.75) is 38.7 Å². The minimum atomic E-state index is -2.18. The second-order valence-corrected chi connectivity index (χ2v) is 4.76. The van der Waals surface area contributed by atoms with Crippen LogP contribution in [0.3, 0.4) is 0 Å². The van der Waals surface area contributed by atoms with Gasteiger partial charge in [-0.15, -0.1) is 0 Å². The zero-order valence-corrected chi connectivity index (χ0v) is 8.84. The summed E-state index contributed by atoms with van der Waals surface area (Å²) in [6.07, 6.45) is -1.08. The number of β-amino-alcohol motifs (C(OH)–C–C–N with tert-alkyl or cyclic N) is 1. The molecule has 14 heavy (non-hydrogen) atoms. The minimum absolute atomic E-state index is 0.437. The van der Waals surface area contributed by atoms with Crippen molar-refractivity contribution in [2.24, 2.45) is 5.92 Å². The van der Waals surface area contributed by atoms with Gasteiger partial charge >= 0.3 is 0 Å². The molecular formula is C10H19F2NO. The summed E-state index contributed by atoms with van der Waals surface area (Å²) in [6, 6.07) is 0. The van der Waals surface area contributed by atoms with E-state index in [1.54, 1.807) is 13.8 Å². The van der Waals surface area contributed by atoms with Gasteiger partial charge in [0.05, 0.1) is 5.60 Å². The largest absolute Gasteiger partial charge is 0.389 e. The molecule has 0 amide bonds. The molecule has 1 rings (SSSR count). The van der Waals surface area contributed by atoms with E-state index in [9.17, 15) is 13.9 Å². The lowest BCUT2D eigenvalue weighted by molar-refractivity contribution is -0.000999. The van der Waals surface area contributed by atoms with Crippen LogP contribution in [0.2, 0.25) is 0 Å². The topological polar surface area (TPSA) is 23.5 Å². The summed E-state index contributed by atoms with van der Waals surface area (Å²) in [5, 5.41) is 9.56. The van der Waals surface area contributed by atoms with Crippen LogP contribution in [0.4, 0.5) is 8.78 Å². The summed E-state index contributed by atoms with van der Waals surface area (Å²) < 4.78 is 24.6. The van der Waals surface area contributed by atoms with Crippen molar-refractivity contribution in [3.63, 3.8) is 0 Å². The average Bonchev–Trinajstić information content (AvgIpc) is 2.02.